The van der Waals surface area contributed by atoms with Gasteiger partial charge in [-0.05, 0) is 65.1 Å². The Morgan fingerprint density at radius 1 is 0.667 bits per heavy atom. The van der Waals surface area contributed by atoms with Gasteiger partial charge in [-0.1, -0.05) is 84.9 Å². The van der Waals surface area contributed by atoms with E-state index in [0.29, 0.717) is 27.8 Å². The van der Waals surface area contributed by atoms with Gasteiger partial charge in [0.15, 0.2) is 0 Å². The third-order valence-electron chi connectivity index (χ3n) is 7.47. The summed E-state index contributed by atoms with van der Waals surface area (Å²) < 4.78 is 39.5. The minimum Gasteiger partial charge on any atom is -0.366 e. The summed E-state index contributed by atoms with van der Waals surface area (Å²) in [6, 6.07) is 30.5. The zero-order valence-corrected chi connectivity index (χ0v) is 24.4. The average Bonchev–Trinajstić information content (AvgIpc) is 3.04. The summed E-state index contributed by atoms with van der Waals surface area (Å²) >= 11 is 0. The van der Waals surface area contributed by atoms with Crippen LogP contribution in [0.5, 0.6) is 0 Å². The first-order valence-electron chi connectivity index (χ1n) is 13.9. The number of hydrogen-bond donors (Lipinski definition) is 2. The molecule has 0 heterocycles. The van der Waals surface area contributed by atoms with Gasteiger partial charge in [0, 0.05) is 18.2 Å². The summed E-state index contributed by atoms with van der Waals surface area (Å²) in [5.74, 6) is -1.84. The fourth-order valence-electron chi connectivity index (χ4n) is 5.17. The Labute approximate surface area is 257 Å². The van der Waals surface area contributed by atoms with Crippen molar-refractivity contribution in [3.8, 4) is 22.3 Å². The minimum absolute atomic E-state index is 0.0139. The Bertz CT molecular complexity index is 1900. The Morgan fingerprint density at radius 3 is 1.80 bits per heavy atom. The minimum atomic E-state index is -4.50. The van der Waals surface area contributed by atoms with Crippen molar-refractivity contribution in [2.75, 3.05) is 17.3 Å². The van der Waals surface area contributed by atoms with Gasteiger partial charge in [0.2, 0.25) is 0 Å². The number of nitrogens with zero attached hydrogens (tertiary/aromatic N) is 1. The van der Waals surface area contributed by atoms with Gasteiger partial charge in [-0.3, -0.25) is 14.4 Å². The Morgan fingerprint density at radius 2 is 1.20 bits per heavy atom. The summed E-state index contributed by atoms with van der Waals surface area (Å²) in [4.78, 5) is 41.8. The second kappa shape index (κ2) is 12.5. The predicted octanol–water partition coefficient (Wildman–Crippen LogP) is 7.98. The molecule has 45 heavy (non-hydrogen) atoms. The highest BCUT2D eigenvalue weighted by Gasteiger charge is 2.30. The Balaban J connectivity index is 1.56. The summed E-state index contributed by atoms with van der Waals surface area (Å²) in [5, 5.41) is 2.85. The maximum Gasteiger partial charge on any atom is 0.416 e. The van der Waals surface area contributed by atoms with Gasteiger partial charge in [-0.15, -0.1) is 0 Å². The van der Waals surface area contributed by atoms with Crippen LogP contribution >= 0.6 is 0 Å². The largest absolute Gasteiger partial charge is 0.416 e. The van der Waals surface area contributed by atoms with Gasteiger partial charge < -0.3 is 16.0 Å². The number of benzene rings is 5. The highest BCUT2D eigenvalue weighted by Crippen LogP contribution is 2.37. The highest BCUT2D eigenvalue weighted by atomic mass is 19.4. The monoisotopic (exact) mass is 607 g/mol. The standard InChI is InChI=1S/C36H28F3N3O3/c1-22-16-21-30(33(40)43)32(42(2)35(45)29-15-9-7-13-27(29)23-10-4-3-5-11-23)31(22)41-34(44)28-14-8-6-12-26(28)24-17-19-25(20-18-24)36(37,38)39/h3-21H,1-2H3,(H2,40,43)(H,41,44). The Kier molecular flexibility index (Phi) is 8.54. The van der Waals surface area contributed by atoms with E-state index < -0.39 is 29.5 Å². The fourth-order valence-corrected chi connectivity index (χ4v) is 5.17. The topological polar surface area (TPSA) is 92.5 Å². The number of rotatable bonds is 7. The van der Waals surface area contributed by atoms with Crippen molar-refractivity contribution >= 4 is 29.1 Å². The van der Waals surface area contributed by atoms with E-state index in [9.17, 15) is 27.6 Å². The molecular weight excluding hydrogens is 579 g/mol. The van der Waals surface area contributed by atoms with Crippen molar-refractivity contribution in [3.05, 3.63) is 143 Å². The van der Waals surface area contributed by atoms with E-state index in [0.717, 1.165) is 17.7 Å². The maximum atomic E-state index is 14.1. The number of hydrogen-bond acceptors (Lipinski definition) is 3. The fraction of sp³-hybridized carbons (Fsp3) is 0.0833. The number of alkyl halides is 3. The zero-order chi connectivity index (χ0) is 32.3. The van der Waals surface area contributed by atoms with E-state index in [4.69, 9.17) is 5.73 Å². The van der Waals surface area contributed by atoms with Crippen LogP contribution in [0.15, 0.2) is 115 Å². The highest BCUT2D eigenvalue weighted by molar-refractivity contribution is 6.18. The molecule has 0 radical (unpaired) electrons. The van der Waals surface area contributed by atoms with Gasteiger partial charge in [0.05, 0.1) is 22.5 Å². The first-order valence-corrected chi connectivity index (χ1v) is 13.9. The molecule has 6 nitrogen and oxygen atoms in total. The Hall–Kier alpha value is -5.70. The first-order chi connectivity index (χ1) is 21.5. The normalized spacial score (nSPS) is 11.1. The van der Waals surface area contributed by atoms with Gasteiger partial charge in [0.1, 0.15) is 0 Å². The van der Waals surface area contributed by atoms with E-state index in [1.165, 1.54) is 30.1 Å². The van der Waals surface area contributed by atoms with Crippen LogP contribution in [0.2, 0.25) is 0 Å². The van der Waals surface area contributed by atoms with Crippen LogP contribution in [0.1, 0.15) is 42.2 Å². The molecule has 5 rings (SSSR count). The molecule has 0 unspecified atom stereocenters. The molecule has 5 aromatic rings. The van der Waals surface area contributed by atoms with Crippen molar-refractivity contribution in [3.63, 3.8) is 0 Å². The lowest BCUT2D eigenvalue weighted by Crippen LogP contribution is -2.31. The molecular formula is C36H28F3N3O3. The van der Waals surface area contributed by atoms with E-state index in [1.54, 1.807) is 49.4 Å². The molecule has 0 atom stereocenters. The van der Waals surface area contributed by atoms with Crippen molar-refractivity contribution in [1.29, 1.82) is 0 Å². The third-order valence-corrected chi connectivity index (χ3v) is 7.47. The van der Waals surface area contributed by atoms with E-state index in [2.05, 4.69) is 5.32 Å². The molecule has 0 spiro atoms. The quantitative estimate of drug-likeness (QED) is 0.197. The van der Waals surface area contributed by atoms with Crippen molar-refractivity contribution in [2.24, 2.45) is 5.73 Å². The molecule has 0 saturated carbocycles. The summed E-state index contributed by atoms with van der Waals surface area (Å²) in [5.41, 5.74) is 8.64. The second-order valence-corrected chi connectivity index (χ2v) is 10.4. The number of nitrogens with one attached hydrogen (secondary N) is 1. The summed E-state index contributed by atoms with van der Waals surface area (Å²) in [7, 11) is 1.50. The third kappa shape index (κ3) is 6.33. The molecule has 9 heteroatoms. The maximum absolute atomic E-state index is 14.1. The van der Waals surface area contributed by atoms with Gasteiger partial charge in [-0.25, -0.2) is 0 Å². The number of nitrogens with two attached hydrogens (primary N) is 1. The van der Waals surface area contributed by atoms with Crippen LogP contribution in [-0.4, -0.2) is 24.8 Å². The lowest BCUT2D eigenvalue weighted by molar-refractivity contribution is -0.137. The summed E-state index contributed by atoms with van der Waals surface area (Å²) in [6.07, 6.45) is -4.50. The molecule has 226 valence electrons. The van der Waals surface area contributed by atoms with Gasteiger partial charge >= 0.3 is 6.18 Å². The molecule has 0 aromatic heterocycles. The predicted molar refractivity (Wildman–Crippen MR) is 169 cm³/mol. The number of anilines is 2. The van der Waals surface area contributed by atoms with E-state index in [-0.39, 0.29) is 22.5 Å². The van der Waals surface area contributed by atoms with Gasteiger partial charge in [-0.2, -0.15) is 13.2 Å². The molecule has 0 bridgehead atoms. The molecule has 5 aromatic carbocycles. The van der Waals surface area contributed by atoms with Crippen molar-refractivity contribution < 1.29 is 27.6 Å². The van der Waals surface area contributed by atoms with Gasteiger partial charge in [0.25, 0.3) is 17.7 Å². The summed E-state index contributed by atoms with van der Waals surface area (Å²) in [6.45, 7) is 1.71. The van der Waals surface area contributed by atoms with E-state index >= 15 is 0 Å². The number of aryl methyl sites for hydroxylation is 1. The molecule has 0 saturated heterocycles. The molecule has 0 aliphatic heterocycles. The molecule has 3 N–H and O–H groups in total. The van der Waals surface area contributed by atoms with E-state index in [1.807, 2.05) is 42.5 Å². The number of halogens is 3. The zero-order valence-electron chi connectivity index (χ0n) is 24.4. The molecule has 0 aliphatic rings. The smallest absolute Gasteiger partial charge is 0.366 e. The van der Waals surface area contributed by atoms with Crippen LogP contribution in [0.25, 0.3) is 22.3 Å². The van der Waals surface area contributed by atoms with Crippen LogP contribution in [0.3, 0.4) is 0 Å². The molecule has 3 amide bonds. The van der Waals surface area contributed by atoms with Crippen LogP contribution < -0.4 is 16.0 Å². The van der Waals surface area contributed by atoms with Crippen molar-refractivity contribution in [2.45, 2.75) is 13.1 Å². The number of carbonyl (C=O) groups is 3. The van der Waals surface area contributed by atoms with Crippen LogP contribution in [-0.2, 0) is 6.18 Å². The average molecular weight is 608 g/mol. The lowest BCUT2D eigenvalue weighted by atomic mass is 9.97. The van der Waals surface area contributed by atoms with Crippen LogP contribution in [0.4, 0.5) is 24.5 Å². The van der Waals surface area contributed by atoms with Crippen molar-refractivity contribution in [1.82, 2.24) is 0 Å². The second-order valence-electron chi connectivity index (χ2n) is 10.4. The number of carbonyl (C=O) groups excluding carboxylic acids is 3. The SMILES string of the molecule is Cc1ccc(C(N)=O)c(N(C)C(=O)c2ccccc2-c2ccccc2)c1NC(=O)c1ccccc1-c1ccc(C(F)(F)F)cc1. The molecule has 0 aliphatic carbocycles. The molecule has 0 fully saturated rings. The number of primary amides is 1. The van der Waals surface area contributed by atoms with Crippen LogP contribution in [0, 0.1) is 6.92 Å². The lowest BCUT2D eigenvalue weighted by Gasteiger charge is -2.26. The first kappa shape index (κ1) is 30.7. The number of amides is 3.